The molecular weight excluding hydrogens is 474 g/mol. The van der Waals surface area contributed by atoms with E-state index in [0.717, 1.165) is 12.0 Å². The van der Waals surface area contributed by atoms with E-state index in [1.807, 2.05) is 30.3 Å². The van der Waals surface area contributed by atoms with Crippen molar-refractivity contribution in [2.75, 3.05) is 39.0 Å². The van der Waals surface area contributed by atoms with Crippen LogP contribution in [0.4, 0.5) is 0 Å². The van der Waals surface area contributed by atoms with E-state index in [1.54, 1.807) is 14.0 Å². The number of likely N-dealkylation sites (N-methyl/N-ethyl adjacent to an activating group) is 1. The lowest BCUT2D eigenvalue weighted by atomic mass is 10.1. The summed E-state index contributed by atoms with van der Waals surface area (Å²) in [7, 11) is -1.42. The largest absolute Gasteiger partial charge is 0.485 e. The molecule has 190 valence electrons. The molecule has 3 heterocycles. The summed E-state index contributed by atoms with van der Waals surface area (Å²) in [5, 5.41) is 0. The van der Waals surface area contributed by atoms with Crippen molar-refractivity contribution in [3.05, 3.63) is 52.8 Å². The summed E-state index contributed by atoms with van der Waals surface area (Å²) in [4.78, 5) is 41.4. The van der Waals surface area contributed by atoms with Crippen LogP contribution in [0.3, 0.4) is 0 Å². The fraction of sp³-hybridized carbons (Fsp3) is 0.458. The average molecular weight is 506 g/mol. The Morgan fingerprint density at radius 1 is 1.09 bits per heavy atom. The average Bonchev–Trinajstić information content (AvgIpc) is 3.17. The van der Waals surface area contributed by atoms with Crippen LogP contribution in [0.1, 0.15) is 56.7 Å². The van der Waals surface area contributed by atoms with E-state index in [4.69, 9.17) is 9.47 Å². The Bertz CT molecular complexity index is 1120. The minimum atomic E-state index is -3.07. The standard InChI is InChI=1S/C24H31N3O7S/c1-3-33-24(30)19-20(18(28)15-26-11-7-8-14-35(26,31)32)27-13-12-25(2)23(29)21(27)22(19)34-16-17-9-5-4-6-10-17/h4-6,9-10,31-32H,3,7-8,11-16H2,1-2H3. The van der Waals surface area contributed by atoms with E-state index in [1.165, 1.54) is 13.8 Å². The van der Waals surface area contributed by atoms with Crippen molar-refractivity contribution < 1.29 is 33.0 Å². The van der Waals surface area contributed by atoms with Gasteiger partial charge in [-0.05, 0) is 25.3 Å². The number of hydrogen-bond donors (Lipinski definition) is 2. The van der Waals surface area contributed by atoms with Crippen LogP contribution in [0.25, 0.3) is 0 Å². The van der Waals surface area contributed by atoms with Gasteiger partial charge >= 0.3 is 5.97 Å². The predicted octanol–water partition coefficient (Wildman–Crippen LogP) is 3.27. The van der Waals surface area contributed by atoms with E-state index < -0.39 is 22.5 Å². The summed E-state index contributed by atoms with van der Waals surface area (Å²) < 4.78 is 35.1. The van der Waals surface area contributed by atoms with E-state index in [9.17, 15) is 23.5 Å². The minimum absolute atomic E-state index is 0.00346. The second-order valence-corrected chi connectivity index (χ2v) is 10.8. The van der Waals surface area contributed by atoms with Crippen LogP contribution in [-0.4, -0.2) is 79.6 Å². The Kier molecular flexibility index (Phi) is 7.50. The summed E-state index contributed by atoms with van der Waals surface area (Å²) in [6.45, 7) is 2.51. The first-order valence-corrected chi connectivity index (χ1v) is 13.3. The van der Waals surface area contributed by atoms with Gasteiger partial charge in [0, 0.05) is 26.7 Å². The summed E-state index contributed by atoms with van der Waals surface area (Å²) in [5.74, 6) is -1.42. The zero-order valence-corrected chi connectivity index (χ0v) is 20.8. The lowest BCUT2D eigenvalue weighted by molar-refractivity contribution is 0.0517. The van der Waals surface area contributed by atoms with Gasteiger partial charge < -0.3 is 18.9 Å². The molecule has 1 fully saturated rings. The molecule has 0 saturated carbocycles. The Morgan fingerprint density at radius 3 is 2.51 bits per heavy atom. The van der Waals surface area contributed by atoms with Crippen molar-refractivity contribution in [1.82, 2.24) is 13.8 Å². The third kappa shape index (κ3) is 5.08. The number of amides is 1. The lowest BCUT2D eigenvalue weighted by Crippen LogP contribution is -2.40. The van der Waals surface area contributed by atoms with E-state index in [2.05, 4.69) is 0 Å². The van der Waals surface area contributed by atoms with Crippen molar-refractivity contribution in [3.8, 4) is 5.75 Å². The number of aromatic nitrogens is 1. The highest BCUT2D eigenvalue weighted by Gasteiger charge is 2.40. The molecule has 10 nitrogen and oxygen atoms in total. The first-order chi connectivity index (χ1) is 16.7. The molecule has 2 aliphatic heterocycles. The van der Waals surface area contributed by atoms with Crippen LogP contribution in [0.15, 0.2) is 30.3 Å². The van der Waals surface area contributed by atoms with Crippen molar-refractivity contribution in [3.63, 3.8) is 0 Å². The summed E-state index contributed by atoms with van der Waals surface area (Å²) in [5.41, 5.74) is 0.851. The van der Waals surface area contributed by atoms with Crippen LogP contribution in [0.2, 0.25) is 0 Å². The Balaban J connectivity index is 1.79. The first kappa shape index (κ1) is 25.2. The van der Waals surface area contributed by atoms with Crippen molar-refractivity contribution in [2.45, 2.75) is 32.9 Å². The number of Topliss-reactive ketones (excluding diaryl/α,β-unsaturated/α-hetero) is 1. The molecule has 0 bridgehead atoms. The summed E-state index contributed by atoms with van der Waals surface area (Å²) >= 11 is 0. The molecule has 2 N–H and O–H groups in total. The maximum absolute atomic E-state index is 13.6. The SMILES string of the molecule is CCOC(=O)c1c(OCc2ccccc2)c2n(c1C(=O)CN1CCCCS1(O)O)CCN(C)C2=O. The number of hydrogen-bond acceptors (Lipinski definition) is 8. The van der Waals surface area contributed by atoms with E-state index in [-0.39, 0.29) is 60.7 Å². The van der Waals surface area contributed by atoms with Crippen LogP contribution in [0.5, 0.6) is 5.75 Å². The lowest BCUT2D eigenvalue weighted by Gasteiger charge is -2.45. The van der Waals surface area contributed by atoms with Gasteiger partial charge in [0.1, 0.15) is 17.9 Å². The summed E-state index contributed by atoms with van der Waals surface area (Å²) in [6.07, 6.45) is 1.40. The highest BCUT2D eigenvalue weighted by molar-refractivity contribution is 8.22. The third-order valence-corrected chi connectivity index (χ3v) is 8.18. The van der Waals surface area contributed by atoms with Crippen LogP contribution < -0.4 is 4.74 Å². The van der Waals surface area contributed by atoms with E-state index >= 15 is 0 Å². The number of benzene rings is 1. The number of nitrogens with zero attached hydrogens (tertiary/aromatic N) is 3. The van der Waals surface area contributed by atoms with E-state index in [0.29, 0.717) is 19.5 Å². The molecule has 0 atom stereocenters. The first-order valence-electron chi connectivity index (χ1n) is 11.6. The van der Waals surface area contributed by atoms with Gasteiger partial charge in [-0.15, -0.1) is 10.8 Å². The molecular formula is C24H31N3O7S. The molecule has 0 aliphatic carbocycles. The zero-order valence-electron chi connectivity index (χ0n) is 19.9. The second kappa shape index (κ2) is 10.4. The van der Waals surface area contributed by atoms with Gasteiger partial charge in [0.05, 0.1) is 18.9 Å². The molecule has 1 aromatic heterocycles. The molecule has 35 heavy (non-hydrogen) atoms. The molecule has 2 aromatic rings. The highest BCUT2D eigenvalue weighted by atomic mass is 32.3. The number of carbonyl (C=O) groups excluding carboxylic acids is 3. The molecule has 1 aromatic carbocycles. The number of fused-ring (bicyclic) bond motifs is 1. The fourth-order valence-corrected chi connectivity index (χ4v) is 5.99. The summed E-state index contributed by atoms with van der Waals surface area (Å²) in [6, 6.07) is 9.28. The monoisotopic (exact) mass is 505 g/mol. The molecule has 0 unspecified atom stereocenters. The number of ether oxygens (including phenoxy) is 2. The van der Waals surface area contributed by atoms with Gasteiger partial charge in [0.2, 0.25) is 0 Å². The van der Waals surface area contributed by atoms with Crippen LogP contribution >= 0.6 is 10.8 Å². The number of ketones is 1. The molecule has 0 spiro atoms. The molecule has 0 radical (unpaired) electrons. The number of esters is 1. The molecule has 2 aliphatic rings. The van der Waals surface area contributed by atoms with Crippen LogP contribution in [0, 0.1) is 0 Å². The van der Waals surface area contributed by atoms with Gasteiger partial charge in [-0.3, -0.25) is 18.7 Å². The van der Waals surface area contributed by atoms with Crippen molar-refractivity contribution in [2.24, 2.45) is 0 Å². The second-order valence-electron chi connectivity index (χ2n) is 8.60. The fourth-order valence-electron chi connectivity index (χ4n) is 4.39. The topological polar surface area (TPSA) is 122 Å². The Hall–Kier alpha value is -2.86. The van der Waals surface area contributed by atoms with Gasteiger partial charge in [-0.1, -0.05) is 30.3 Å². The van der Waals surface area contributed by atoms with Gasteiger partial charge in [0.15, 0.2) is 17.2 Å². The maximum Gasteiger partial charge on any atom is 0.344 e. The zero-order chi connectivity index (χ0) is 25.2. The normalized spacial score (nSPS) is 18.6. The highest BCUT2D eigenvalue weighted by Crippen LogP contribution is 2.47. The smallest absolute Gasteiger partial charge is 0.344 e. The van der Waals surface area contributed by atoms with Gasteiger partial charge in [0.25, 0.3) is 5.91 Å². The minimum Gasteiger partial charge on any atom is -0.485 e. The quantitative estimate of drug-likeness (QED) is 0.414. The number of rotatable bonds is 8. The molecule has 11 heteroatoms. The van der Waals surface area contributed by atoms with Gasteiger partial charge in [-0.2, -0.15) is 4.31 Å². The van der Waals surface area contributed by atoms with Crippen molar-refractivity contribution >= 4 is 28.4 Å². The Morgan fingerprint density at radius 2 is 1.83 bits per heavy atom. The predicted molar refractivity (Wildman–Crippen MR) is 131 cm³/mol. The third-order valence-electron chi connectivity index (χ3n) is 6.21. The van der Waals surface area contributed by atoms with Gasteiger partial charge in [-0.25, -0.2) is 4.79 Å². The maximum atomic E-state index is 13.6. The molecule has 1 saturated heterocycles. The molecule has 4 rings (SSSR count). The number of carbonyl (C=O) groups is 3. The van der Waals surface area contributed by atoms with Crippen LogP contribution in [-0.2, 0) is 17.9 Å². The van der Waals surface area contributed by atoms with Crippen molar-refractivity contribution in [1.29, 1.82) is 0 Å². The Labute approximate surface area is 205 Å². The molecule has 1 amide bonds.